The lowest BCUT2D eigenvalue weighted by Crippen LogP contribution is -2.50. The van der Waals surface area contributed by atoms with E-state index in [1.165, 1.54) is 18.4 Å². The number of hydrogen-bond acceptors (Lipinski definition) is 5. The first-order chi connectivity index (χ1) is 13.8. The minimum atomic E-state index is 0.120. The molecule has 2 fully saturated rings. The molecule has 28 heavy (non-hydrogen) atoms. The first-order valence-electron chi connectivity index (χ1n) is 10.4. The standard InChI is InChI=1S/C22H30N4OS/c27-22(24-14-18-3-1-8-23-13-18)20-4-2-9-26(16-20)21-5-10-25(11-6-21)15-19-7-12-28-17-19/h1,3,7-8,12-13,17,20-21H,2,4-6,9-11,14-16H2,(H,24,27)/t20-/m1/s1. The molecule has 1 amide bonds. The van der Waals surface area contributed by atoms with Gasteiger partial charge >= 0.3 is 0 Å². The molecule has 5 nitrogen and oxygen atoms in total. The molecule has 1 atom stereocenters. The third-order valence-corrected chi connectivity index (χ3v) is 6.80. The predicted octanol–water partition coefficient (Wildman–Crippen LogP) is 3.14. The zero-order valence-corrected chi connectivity index (χ0v) is 17.2. The summed E-state index contributed by atoms with van der Waals surface area (Å²) in [5.41, 5.74) is 2.49. The number of carbonyl (C=O) groups excluding carboxylic acids is 1. The SMILES string of the molecule is O=C(NCc1cccnc1)[C@@H]1CCCN(C2CCN(Cc3ccsc3)CC2)C1. The minimum Gasteiger partial charge on any atom is -0.352 e. The van der Waals surface area contributed by atoms with Gasteiger partial charge in [-0.2, -0.15) is 11.3 Å². The second kappa shape index (κ2) is 9.63. The van der Waals surface area contributed by atoms with Gasteiger partial charge < -0.3 is 5.32 Å². The van der Waals surface area contributed by atoms with Crippen molar-refractivity contribution < 1.29 is 4.79 Å². The quantitative estimate of drug-likeness (QED) is 0.812. The molecule has 1 N–H and O–H groups in total. The van der Waals surface area contributed by atoms with E-state index in [1.807, 2.05) is 18.3 Å². The van der Waals surface area contributed by atoms with Crippen LogP contribution in [0.3, 0.4) is 0 Å². The molecule has 2 aliphatic rings. The molecular formula is C22H30N4OS. The number of likely N-dealkylation sites (tertiary alicyclic amines) is 2. The summed E-state index contributed by atoms with van der Waals surface area (Å²) < 4.78 is 0. The van der Waals surface area contributed by atoms with Gasteiger partial charge in [0.1, 0.15) is 0 Å². The van der Waals surface area contributed by atoms with E-state index in [0.29, 0.717) is 12.6 Å². The largest absolute Gasteiger partial charge is 0.352 e. The van der Waals surface area contributed by atoms with Gasteiger partial charge in [0.15, 0.2) is 0 Å². The second-order valence-corrected chi connectivity index (χ2v) is 8.83. The van der Waals surface area contributed by atoms with E-state index >= 15 is 0 Å². The lowest BCUT2D eigenvalue weighted by molar-refractivity contribution is -0.127. The van der Waals surface area contributed by atoms with Gasteiger partial charge in [-0.15, -0.1) is 0 Å². The monoisotopic (exact) mass is 398 g/mol. The minimum absolute atomic E-state index is 0.120. The molecule has 0 radical (unpaired) electrons. The fraction of sp³-hybridized carbons (Fsp3) is 0.545. The maximum absolute atomic E-state index is 12.7. The molecule has 4 heterocycles. The van der Waals surface area contributed by atoms with Gasteiger partial charge in [0.25, 0.3) is 0 Å². The van der Waals surface area contributed by atoms with Crippen LogP contribution in [0.4, 0.5) is 0 Å². The molecule has 2 aliphatic heterocycles. The Hall–Kier alpha value is -1.76. The maximum Gasteiger partial charge on any atom is 0.224 e. The third-order valence-electron chi connectivity index (χ3n) is 6.07. The summed E-state index contributed by atoms with van der Waals surface area (Å²) in [6.07, 6.45) is 8.14. The van der Waals surface area contributed by atoms with Crippen LogP contribution in [0, 0.1) is 5.92 Å². The Bertz CT molecular complexity index is 728. The fourth-order valence-corrected chi connectivity index (χ4v) is 5.13. The third kappa shape index (κ3) is 5.19. The summed E-state index contributed by atoms with van der Waals surface area (Å²) in [4.78, 5) is 21.9. The summed E-state index contributed by atoms with van der Waals surface area (Å²) in [5.74, 6) is 0.317. The summed E-state index contributed by atoms with van der Waals surface area (Å²) in [6, 6.07) is 6.78. The maximum atomic E-state index is 12.7. The molecule has 0 unspecified atom stereocenters. The molecule has 4 rings (SSSR count). The molecule has 2 aromatic heterocycles. The highest BCUT2D eigenvalue weighted by Gasteiger charge is 2.31. The number of thiophene rings is 1. The molecule has 2 aromatic rings. The Morgan fingerprint density at radius 2 is 2.07 bits per heavy atom. The predicted molar refractivity (Wildman–Crippen MR) is 113 cm³/mol. The topological polar surface area (TPSA) is 48.5 Å². The smallest absolute Gasteiger partial charge is 0.224 e. The Kier molecular flexibility index (Phi) is 6.73. The van der Waals surface area contributed by atoms with E-state index in [-0.39, 0.29) is 11.8 Å². The molecular weight excluding hydrogens is 368 g/mol. The average Bonchev–Trinajstić information content (AvgIpc) is 3.26. The first kappa shape index (κ1) is 19.6. The number of aromatic nitrogens is 1. The van der Waals surface area contributed by atoms with Gasteiger partial charge in [-0.25, -0.2) is 0 Å². The van der Waals surface area contributed by atoms with Crippen molar-refractivity contribution >= 4 is 17.2 Å². The number of rotatable bonds is 6. The van der Waals surface area contributed by atoms with Crippen molar-refractivity contribution in [3.05, 3.63) is 52.5 Å². The number of hydrogen-bond donors (Lipinski definition) is 1. The van der Waals surface area contributed by atoms with Crippen LogP contribution in [0.5, 0.6) is 0 Å². The molecule has 0 spiro atoms. The van der Waals surface area contributed by atoms with Crippen LogP contribution >= 0.6 is 11.3 Å². The van der Waals surface area contributed by atoms with Gasteiger partial charge in [0.2, 0.25) is 5.91 Å². The summed E-state index contributed by atoms with van der Waals surface area (Å²) in [5, 5.41) is 7.53. The summed E-state index contributed by atoms with van der Waals surface area (Å²) >= 11 is 1.78. The van der Waals surface area contributed by atoms with E-state index in [2.05, 4.69) is 36.9 Å². The zero-order valence-electron chi connectivity index (χ0n) is 16.4. The molecule has 0 bridgehead atoms. The summed E-state index contributed by atoms with van der Waals surface area (Å²) in [7, 11) is 0. The van der Waals surface area contributed by atoms with Crippen molar-refractivity contribution in [3.63, 3.8) is 0 Å². The highest BCUT2D eigenvalue weighted by Crippen LogP contribution is 2.25. The van der Waals surface area contributed by atoms with Gasteiger partial charge in [-0.1, -0.05) is 6.07 Å². The van der Waals surface area contributed by atoms with E-state index in [9.17, 15) is 4.79 Å². The average molecular weight is 399 g/mol. The van der Waals surface area contributed by atoms with Gasteiger partial charge in [0, 0.05) is 38.1 Å². The molecule has 0 saturated carbocycles. The number of pyridine rings is 1. The van der Waals surface area contributed by atoms with E-state index in [0.717, 1.165) is 51.1 Å². The highest BCUT2D eigenvalue weighted by molar-refractivity contribution is 7.07. The fourth-order valence-electron chi connectivity index (χ4n) is 4.47. The molecule has 0 aromatic carbocycles. The number of carbonyl (C=O) groups is 1. The molecule has 150 valence electrons. The Morgan fingerprint density at radius 3 is 2.82 bits per heavy atom. The number of nitrogens with zero attached hydrogens (tertiary/aromatic N) is 3. The van der Waals surface area contributed by atoms with Crippen molar-refractivity contribution in [2.24, 2.45) is 5.92 Å². The van der Waals surface area contributed by atoms with E-state index in [1.54, 1.807) is 17.5 Å². The normalized spacial score (nSPS) is 22.2. The second-order valence-electron chi connectivity index (χ2n) is 8.05. The van der Waals surface area contributed by atoms with Crippen LogP contribution in [0.1, 0.15) is 36.8 Å². The van der Waals surface area contributed by atoms with Crippen LogP contribution in [0.25, 0.3) is 0 Å². The first-order valence-corrected chi connectivity index (χ1v) is 11.4. The zero-order chi connectivity index (χ0) is 19.2. The highest BCUT2D eigenvalue weighted by atomic mass is 32.1. The number of nitrogens with one attached hydrogen (secondary N) is 1. The van der Waals surface area contributed by atoms with E-state index < -0.39 is 0 Å². The molecule has 2 saturated heterocycles. The van der Waals surface area contributed by atoms with Crippen LogP contribution in [-0.2, 0) is 17.9 Å². The van der Waals surface area contributed by atoms with Crippen LogP contribution < -0.4 is 5.32 Å². The van der Waals surface area contributed by atoms with Gasteiger partial charge in [-0.3, -0.25) is 19.6 Å². The lowest BCUT2D eigenvalue weighted by atomic mass is 9.93. The Labute approximate surface area is 171 Å². The lowest BCUT2D eigenvalue weighted by Gasteiger charge is -2.42. The Morgan fingerprint density at radius 1 is 1.18 bits per heavy atom. The van der Waals surface area contributed by atoms with Crippen LogP contribution in [-0.4, -0.2) is 52.9 Å². The molecule has 0 aliphatic carbocycles. The van der Waals surface area contributed by atoms with Crippen LogP contribution in [0.2, 0.25) is 0 Å². The van der Waals surface area contributed by atoms with Crippen LogP contribution in [0.15, 0.2) is 41.4 Å². The molecule has 6 heteroatoms. The van der Waals surface area contributed by atoms with Crippen molar-refractivity contribution in [1.29, 1.82) is 0 Å². The van der Waals surface area contributed by atoms with Crippen molar-refractivity contribution in [3.8, 4) is 0 Å². The van der Waals surface area contributed by atoms with Crippen molar-refractivity contribution in [1.82, 2.24) is 20.1 Å². The Balaban J connectivity index is 1.23. The van der Waals surface area contributed by atoms with Crippen molar-refractivity contribution in [2.75, 3.05) is 26.2 Å². The number of amides is 1. The van der Waals surface area contributed by atoms with Crippen molar-refractivity contribution in [2.45, 2.75) is 44.8 Å². The van der Waals surface area contributed by atoms with E-state index in [4.69, 9.17) is 0 Å². The van der Waals surface area contributed by atoms with Gasteiger partial charge in [-0.05, 0) is 79.3 Å². The number of piperidine rings is 2. The summed E-state index contributed by atoms with van der Waals surface area (Å²) in [6.45, 7) is 6.03. The van der Waals surface area contributed by atoms with Gasteiger partial charge in [0.05, 0.1) is 5.92 Å².